The van der Waals surface area contributed by atoms with E-state index in [1.165, 1.54) is 5.56 Å². The van der Waals surface area contributed by atoms with Crippen LogP contribution in [0.2, 0.25) is 0 Å². The van der Waals surface area contributed by atoms with Gasteiger partial charge in [-0.3, -0.25) is 10.2 Å². The fourth-order valence-electron chi connectivity index (χ4n) is 4.92. The molecule has 0 unspecified atom stereocenters. The van der Waals surface area contributed by atoms with Gasteiger partial charge in [0.05, 0.1) is 6.61 Å². The monoisotopic (exact) mass is 549 g/mol. The van der Waals surface area contributed by atoms with Crippen molar-refractivity contribution in [2.75, 3.05) is 19.8 Å². The van der Waals surface area contributed by atoms with E-state index in [1.807, 2.05) is 103 Å². The Bertz CT molecular complexity index is 1410. The molecule has 4 aromatic rings. The Hall–Kier alpha value is -4.46. The number of aliphatic hydroxyl groups is 1. The summed E-state index contributed by atoms with van der Waals surface area (Å²) in [6.07, 6.45) is 1.04. The number of aliphatic hydroxyl groups excluding tert-OH is 1. The van der Waals surface area contributed by atoms with Crippen LogP contribution >= 0.6 is 0 Å². The second-order valence-electron chi connectivity index (χ2n) is 9.98. The number of hydrazine groups is 1. The highest BCUT2D eigenvalue weighted by Crippen LogP contribution is 2.42. The van der Waals surface area contributed by atoms with Gasteiger partial charge in [-0.15, -0.1) is 0 Å². The van der Waals surface area contributed by atoms with Crippen molar-refractivity contribution in [1.82, 2.24) is 10.9 Å². The summed E-state index contributed by atoms with van der Waals surface area (Å²) in [7, 11) is 0. The Morgan fingerprint density at radius 1 is 0.854 bits per heavy atom. The molecular weight excluding hydrogens is 514 g/mol. The van der Waals surface area contributed by atoms with E-state index < -0.39 is 11.6 Å². The van der Waals surface area contributed by atoms with Crippen molar-refractivity contribution in [2.24, 2.45) is 4.99 Å². The van der Waals surface area contributed by atoms with Gasteiger partial charge in [-0.1, -0.05) is 91.0 Å². The summed E-state index contributed by atoms with van der Waals surface area (Å²) in [5.74, 6) is 0.828. The standard InChI is InChI=1S/C34H35N3O4/c38-23-10-24-40-30-19-17-29(18-20-30)32-36-34(25-27-13-6-2-7-14-27,31(41-32)28-15-8-3-9-16-28)33(39)37-35-22-21-26-11-4-1-5-12-26/h1-9,11-20,31,35,38H,10,21-25H2,(H,37,39)/t31-,34-/m0/s1. The van der Waals surface area contributed by atoms with E-state index in [4.69, 9.17) is 19.6 Å². The number of amides is 1. The molecule has 3 N–H and O–H groups in total. The molecule has 1 amide bonds. The molecule has 210 valence electrons. The molecule has 0 aliphatic carbocycles. The largest absolute Gasteiger partial charge is 0.494 e. The van der Waals surface area contributed by atoms with Crippen molar-refractivity contribution in [1.29, 1.82) is 0 Å². The van der Waals surface area contributed by atoms with Crippen molar-refractivity contribution in [2.45, 2.75) is 30.9 Å². The van der Waals surface area contributed by atoms with E-state index in [1.54, 1.807) is 0 Å². The van der Waals surface area contributed by atoms with Crippen molar-refractivity contribution < 1.29 is 19.4 Å². The van der Waals surface area contributed by atoms with Crippen LogP contribution in [-0.4, -0.2) is 42.2 Å². The van der Waals surface area contributed by atoms with E-state index in [2.05, 4.69) is 23.0 Å². The number of ether oxygens (including phenoxy) is 2. The Labute approximate surface area is 240 Å². The van der Waals surface area contributed by atoms with Crippen LogP contribution in [0.5, 0.6) is 5.75 Å². The van der Waals surface area contributed by atoms with Gasteiger partial charge in [0.15, 0.2) is 11.6 Å². The van der Waals surface area contributed by atoms with Crippen molar-refractivity contribution in [3.8, 4) is 5.75 Å². The topological polar surface area (TPSA) is 92.2 Å². The van der Waals surface area contributed by atoms with Crippen LogP contribution in [0.1, 0.15) is 34.8 Å². The lowest BCUT2D eigenvalue weighted by Crippen LogP contribution is -2.54. The molecule has 7 nitrogen and oxygen atoms in total. The van der Waals surface area contributed by atoms with Gasteiger partial charge >= 0.3 is 0 Å². The van der Waals surface area contributed by atoms with Crippen LogP contribution < -0.4 is 15.6 Å². The zero-order valence-corrected chi connectivity index (χ0v) is 22.9. The summed E-state index contributed by atoms with van der Waals surface area (Å²) in [6.45, 7) is 1.08. The smallest absolute Gasteiger partial charge is 0.266 e. The van der Waals surface area contributed by atoms with Gasteiger partial charge in [0, 0.05) is 31.6 Å². The number of carbonyl (C=O) groups excluding carboxylic acids is 1. The van der Waals surface area contributed by atoms with Crippen LogP contribution in [0.25, 0.3) is 0 Å². The minimum Gasteiger partial charge on any atom is -0.494 e. The van der Waals surface area contributed by atoms with Crippen LogP contribution in [-0.2, 0) is 22.4 Å². The second-order valence-corrected chi connectivity index (χ2v) is 9.98. The molecule has 1 aliphatic rings. The average molecular weight is 550 g/mol. The van der Waals surface area contributed by atoms with Crippen LogP contribution in [0.3, 0.4) is 0 Å². The summed E-state index contributed by atoms with van der Waals surface area (Å²) in [6, 6.07) is 37.3. The predicted octanol–water partition coefficient (Wildman–Crippen LogP) is 4.81. The minimum atomic E-state index is -1.26. The fourth-order valence-corrected chi connectivity index (χ4v) is 4.92. The van der Waals surface area contributed by atoms with E-state index in [0.29, 0.717) is 37.6 Å². The quantitative estimate of drug-likeness (QED) is 0.164. The van der Waals surface area contributed by atoms with Crippen LogP contribution in [0, 0.1) is 0 Å². The SMILES string of the molecule is O=C(NNCCc1ccccc1)[C@@]1(Cc2ccccc2)N=C(c2ccc(OCCCO)cc2)O[C@H]1c1ccccc1. The Morgan fingerprint density at radius 3 is 2.15 bits per heavy atom. The van der Waals surface area contributed by atoms with Gasteiger partial charge in [-0.25, -0.2) is 10.4 Å². The summed E-state index contributed by atoms with van der Waals surface area (Å²) in [5, 5.41) is 9.02. The molecule has 0 aromatic heterocycles. The second kappa shape index (κ2) is 13.7. The molecule has 4 aromatic carbocycles. The Kier molecular flexibility index (Phi) is 9.41. The molecule has 7 heteroatoms. The van der Waals surface area contributed by atoms with Crippen molar-refractivity contribution >= 4 is 11.8 Å². The number of aliphatic imine (C=N–C) groups is 1. The molecule has 41 heavy (non-hydrogen) atoms. The highest BCUT2D eigenvalue weighted by molar-refractivity contribution is 6.01. The number of hydrogen-bond acceptors (Lipinski definition) is 6. The number of nitrogens with zero attached hydrogens (tertiary/aromatic N) is 1. The van der Waals surface area contributed by atoms with Gasteiger partial charge in [0.2, 0.25) is 5.90 Å². The zero-order valence-electron chi connectivity index (χ0n) is 22.9. The normalized spacial score (nSPS) is 17.9. The molecule has 0 bridgehead atoms. The first-order valence-corrected chi connectivity index (χ1v) is 13.9. The molecule has 5 rings (SSSR count). The predicted molar refractivity (Wildman–Crippen MR) is 160 cm³/mol. The third kappa shape index (κ3) is 7.01. The maximum Gasteiger partial charge on any atom is 0.266 e. The average Bonchev–Trinajstić information content (AvgIpc) is 3.41. The third-order valence-corrected chi connectivity index (χ3v) is 7.03. The van der Waals surface area contributed by atoms with Crippen molar-refractivity contribution in [3.05, 3.63) is 138 Å². The van der Waals surface area contributed by atoms with Crippen LogP contribution in [0.4, 0.5) is 0 Å². The summed E-state index contributed by atoms with van der Waals surface area (Å²) < 4.78 is 12.2. The summed E-state index contributed by atoms with van der Waals surface area (Å²) in [5.41, 5.74) is 8.60. The van der Waals surface area contributed by atoms with E-state index in [0.717, 1.165) is 23.1 Å². The lowest BCUT2D eigenvalue weighted by Gasteiger charge is -2.30. The first-order chi connectivity index (χ1) is 20.2. The molecule has 0 spiro atoms. The number of benzene rings is 4. The van der Waals surface area contributed by atoms with E-state index >= 15 is 0 Å². The maximum atomic E-state index is 14.1. The molecular formula is C34H35N3O4. The maximum absolute atomic E-state index is 14.1. The summed E-state index contributed by atoms with van der Waals surface area (Å²) in [4.78, 5) is 19.2. The molecule has 2 atom stereocenters. The lowest BCUT2D eigenvalue weighted by molar-refractivity contribution is -0.130. The molecule has 0 saturated heterocycles. The first kappa shape index (κ1) is 28.1. The highest BCUT2D eigenvalue weighted by Gasteiger charge is 2.53. The minimum absolute atomic E-state index is 0.0796. The van der Waals surface area contributed by atoms with E-state index in [9.17, 15) is 4.79 Å². The first-order valence-electron chi connectivity index (χ1n) is 13.9. The fraction of sp³-hybridized carbons (Fsp3) is 0.235. The number of nitrogens with one attached hydrogen (secondary N) is 2. The molecule has 0 fully saturated rings. The Morgan fingerprint density at radius 2 is 1.49 bits per heavy atom. The van der Waals surface area contributed by atoms with Gasteiger partial charge in [-0.2, -0.15) is 0 Å². The lowest BCUT2D eigenvalue weighted by atomic mass is 9.82. The van der Waals surface area contributed by atoms with Crippen molar-refractivity contribution in [3.63, 3.8) is 0 Å². The highest BCUT2D eigenvalue weighted by atomic mass is 16.5. The van der Waals surface area contributed by atoms with E-state index in [-0.39, 0.29) is 12.5 Å². The molecule has 0 saturated carbocycles. The molecule has 0 radical (unpaired) electrons. The van der Waals surface area contributed by atoms with Gasteiger partial charge in [0.1, 0.15) is 5.75 Å². The summed E-state index contributed by atoms with van der Waals surface area (Å²) >= 11 is 0. The molecule has 1 aliphatic heterocycles. The zero-order chi connectivity index (χ0) is 28.3. The number of carbonyl (C=O) groups is 1. The number of hydrogen-bond donors (Lipinski definition) is 3. The molecule has 1 heterocycles. The third-order valence-electron chi connectivity index (χ3n) is 7.03. The van der Waals surface area contributed by atoms with Crippen LogP contribution in [0.15, 0.2) is 120 Å². The Balaban J connectivity index is 1.45. The van der Waals surface area contributed by atoms with Gasteiger partial charge in [0.25, 0.3) is 5.91 Å². The van der Waals surface area contributed by atoms with Gasteiger partial charge < -0.3 is 14.6 Å². The number of rotatable bonds is 13. The van der Waals surface area contributed by atoms with Gasteiger partial charge in [-0.05, 0) is 47.4 Å².